The Bertz CT molecular complexity index is 497. The zero-order chi connectivity index (χ0) is 11.0. The molecule has 0 aromatic carbocycles. The largest absolute Gasteiger partial charge is 0.394 e. The summed E-state index contributed by atoms with van der Waals surface area (Å²) in [7, 11) is 0. The van der Waals surface area contributed by atoms with Crippen LogP contribution >= 0.6 is 0 Å². The molecule has 1 fully saturated rings. The van der Waals surface area contributed by atoms with Crippen LogP contribution in [-0.4, -0.2) is 43.9 Å². The molecule has 0 radical (unpaired) electrons. The molecule has 0 unspecified atom stereocenters. The third-order valence-corrected chi connectivity index (χ3v) is 3.04. The molecule has 1 aliphatic rings. The van der Waals surface area contributed by atoms with Gasteiger partial charge in [-0.25, -0.2) is 4.98 Å². The number of rotatable bonds is 2. The van der Waals surface area contributed by atoms with Crippen molar-refractivity contribution in [3.8, 4) is 0 Å². The number of aromatic nitrogens is 4. The summed E-state index contributed by atoms with van der Waals surface area (Å²) in [5.74, 6) is 1.56. The standard InChI is InChI=1S/C10H13N5O/c16-6-8-2-1-5-14(8)9-3-4-11-10-12-7-13-15(9)10/h3-4,7-8,16H,1-2,5-6H2/t8-/m1/s1. The molecule has 0 spiro atoms. The summed E-state index contributed by atoms with van der Waals surface area (Å²) in [6.45, 7) is 1.13. The molecule has 16 heavy (non-hydrogen) atoms. The lowest BCUT2D eigenvalue weighted by Gasteiger charge is -2.24. The minimum Gasteiger partial charge on any atom is -0.394 e. The van der Waals surface area contributed by atoms with Crippen LogP contribution < -0.4 is 4.90 Å². The number of aliphatic hydroxyl groups is 1. The van der Waals surface area contributed by atoms with E-state index in [0.29, 0.717) is 5.78 Å². The summed E-state index contributed by atoms with van der Waals surface area (Å²) in [6, 6.07) is 2.10. The maximum absolute atomic E-state index is 9.32. The number of nitrogens with zero attached hydrogens (tertiary/aromatic N) is 5. The minimum atomic E-state index is 0.179. The second-order valence-corrected chi connectivity index (χ2v) is 3.95. The quantitative estimate of drug-likeness (QED) is 0.775. The molecule has 1 aliphatic heterocycles. The SMILES string of the molecule is OC[C@H]1CCCN1c1ccnc2ncnn12. The first kappa shape index (κ1) is 9.53. The van der Waals surface area contributed by atoms with Gasteiger partial charge in [0.15, 0.2) is 0 Å². The Kier molecular flexibility index (Phi) is 2.21. The molecule has 1 N–H and O–H groups in total. The molecule has 0 saturated carbocycles. The number of anilines is 1. The summed E-state index contributed by atoms with van der Waals surface area (Å²) in [4.78, 5) is 10.3. The van der Waals surface area contributed by atoms with E-state index in [0.717, 1.165) is 25.2 Å². The van der Waals surface area contributed by atoms with E-state index < -0.39 is 0 Å². The predicted octanol–water partition coefficient (Wildman–Crippen LogP) is 0.0854. The van der Waals surface area contributed by atoms with Gasteiger partial charge in [-0.3, -0.25) is 0 Å². The highest BCUT2D eigenvalue weighted by molar-refractivity contribution is 5.46. The topological polar surface area (TPSA) is 66.5 Å². The van der Waals surface area contributed by atoms with Crippen molar-refractivity contribution in [2.24, 2.45) is 0 Å². The fraction of sp³-hybridized carbons (Fsp3) is 0.500. The van der Waals surface area contributed by atoms with Crippen LogP contribution in [0, 0.1) is 0 Å². The Hall–Kier alpha value is -1.69. The summed E-state index contributed by atoms with van der Waals surface area (Å²) in [5.41, 5.74) is 0. The van der Waals surface area contributed by atoms with Gasteiger partial charge in [0.1, 0.15) is 12.1 Å². The third kappa shape index (κ3) is 1.34. The molecule has 2 aromatic heterocycles. The molecule has 0 aliphatic carbocycles. The lowest BCUT2D eigenvalue weighted by molar-refractivity contribution is 0.265. The van der Waals surface area contributed by atoms with Crippen molar-refractivity contribution < 1.29 is 5.11 Å². The molecule has 3 rings (SSSR count). The molecule has 84 valence electrons. The first-order valence-corrected chi connectivity index (χ1v) is 5.42. The highest BCUT2D eigenvalue weighted by atomic mass is 16.3. The van der Waals surface area contributed by atoms with Crippen molar-refractivity contribution >= 4 is 11.6 Å². The predicted molar refractivity (Wildman–Crippen MR) is 58.2 cm³/mol. The summed E-state index contributed by atoms with van der Waals surface area (Å²) in [5, 5.41) is 13.5. The lowest BCUT2D eigenvalue weighted by atomic mass is 10.2. The van der Waals surface area contributed by atoms with Gasteiger partial charge in [0.05, 0.1) is 12.6 Å². The van der Waals surface area contributed by atoms with Crippen LogP contribution in [0.3, 0.4) is 0 Å². The number of aliphatic hydroxyl groups excluding tert-OH is 1. The van der Waals surface area contributed by atoms with Crippen molar-refractivity contribution in [2.75, 3.05) is 18.1 Å². The van der Waals surface area contributed by atoms with Gasteiger partial charge in [-0.1, -0.05) is 0 Å². The van der Waals surface area contributed by atoms with E-state index in [1.807, 2.05) is 6.07 Å². The van der Waals surface area contributed by atoms with Gasteiger partial charge in [0.25, 0.3) is 5.78 Å². The zero-order valence-corrected chi connectivity index (χ0v) is 8.82. The van der Waals surface area contributed by atoms with Gasteiger partial charge in [0.2, 0.25) is 0 Å². The first-order valence-electron chi connectivity index (χ1n) is 5.42. The fourth-order valence-electron chi connectivity index (χ4n) is 2.27. The zero-order valence-electron chi connectivity index (χ0n) is 8.82. The average Bonchev–Trinajstić information content (AvgIpc) is 2.96. The average molecular weight is 219 g/mol. The smallest absolute Gasteiger partial charge is 0.254 e. The molecule has 0 amide bonds. The Morgan fingerprint density at radius 3 is 3.25 bits per heavy atom. The van der Waals surface area contributed by atoms with Crippen LogP contribution in [0.1, 0.15) is 12.8 Å². The Balaban J connectivity index is 2.07. The van der Waals surface area contributed by atoms with Crippen molar-refractivity contribution in [3.63, 3.8) is 0 Å². The van der Waals surface area contributed by atoms with Crippen molar-refractivity contribution in [2.45, 2.75) is 18.9 Å². The van der Waals surface area contributed by atoms with E-state index in [2.05, 4.69) is 20.0 Å². The van der Waals surface area contributed by atoms with E-state index in [1.54, 1.807) is 10.7 Å². The number of fused-ring (bicyclic) bond motifs is 1. The molecule has 1 atom stereocenters. The highest BCUT2D eigenvalue weighted by Gasteiger charge is 2.25. The van der Waals surface area contributed by atoms with Crippen molar-refractivity contribution in [3.05, 3.63) is 18.6 Å². The molecule has 3 heterocycles. The van der Waals surface area contributed by atoms with Gasteiger partial charge < -0.3 is 10.0 Å². The molecule has 6 nitrogen and oxygen atoms in total. The normalized spacial score (nSPS) is 20.8. The van der Waals surface area contributed by atoms with Crippen molar-refractivity contribution in [1.82, 2.24) is 19.6 Å². The second kappa shape index (κ2) is 3.71. The van der Waals surface area contributed by atoms with Gasteiger partial charge in [-0.05, 0) is 18.9 Å². The fourth-order valence-corrected chi connectivity index (χ4v) is 2.27. The molecular weight excluding hydrogens is 206 g/mol. The van der Waals surface area contributed by atoms with Crippen LogP contribution in [0.2, 0.25) is 0 Å². The second-order valence-electron chi connectivity index (χ2n) is 3.95. The van der Waals surface area contributed by atoms with E-state index >= 15 is 0 Å². The lowest BCUT2D eigenvalue weighted by Crippen LogP contribution is -2.33. The molecule has 1 saturated heterocycles. The van der Waals surface area contributed by atoms with Crippen LogP contribution in [-0.2, 0) is 0 Å². The van der Waals surface area contributed by atoms with E-state index in [-0.39, 0.29) is 12.6 Å². The first-order chi connectivity index (χ1) is 7.90. The maximum atomic E-state index is 9.32. The van der Waals surface area contributed by atoms with E-state index in [1.165, 1.54) is 6.33 Å². The summed E-state index contributed by atoms with van der Waals surface area (Å²) >= 11 is 0. The van der Waals surface area contributed by atoms with E-state index in [4.69, 9.17) is 0 Å². The molecule has 2 aromatic rings. The Morgan fingerprint density at radius 1 is 1.44 bits per heavy atom. The third-order valence-electron chi connectivity index (χ3n) is 3.04. The van der Waals surface area contributed by atoms with Crippen molar-refractivity contribution in [1.29, 1.82) is 0 Å². The molecule has 0 bridgehead atoms. The summed E-state index contributed by atoms with van der Waals surface area (Å²) in [6.07, 6.45) is 5.35. The van der Waals surface area contributed by atoms with Crippen LogP contribution in [0.5, 0.6) is 0 Å². The minimum absolute atomic E-state index is 0.179. The maximum Gasteiger partial charge on any atom is 0.254 e. The Labute approximate surface area is 92.5 Å². The van der Waals surface area contributed by atoms with Gasteiger partial charge in [-0.15, -0.1) is 0 Å². The van der Waals surface area contributed by atoms with Gasteiger partial charge in [0, 0.05) is 12.7 Å². The van der Waals surface area contributed by atoms with Crippen LogP contribution in [0.15, 0.2) is 18.6 Å². The Morgan fingerprint density at radius 2 is 2.38 bits per heavy atom. The van der Waals surface area contributed by atoms with Gasteiger partial charge >= 0.3 is 0 Å². The summed E-state index contributed by atoms with van der Waals surface area (Å²) < 4.78 is 1.72. The monoisotopic (exact) mass is 219 g/mol. The molecule has 6 heteroatoms. The van der Waals surface area contributed by atoms with Crippen LogP contribution in [0.4, 0.5) is 5.82 Å². The molecular formula is C10H13N5O. The van der Waals surface area contributed by atoms with Crippen LogP contribution in [0.25, 0.3) is 5.78 Å². The van der Waals surface area contributed by atoms with E-state index in [9.17, 15) is 5.11 Å². The number of hydrogen-bond acceptors (Lipinski definition) is 5. The number of hydrogen-bond donors (Lipinski definition) is 1. The van der Waals surface area contributed by atoms with Gasteiger partial charge in [-0.2, -0.15) is 14.6 Å². The highest BCUT2D eigenvalue weighted by Crippen LogP contribution is 2.24.